The van der Waals surface area contributed by atoms with Crippen molar-refractivity contribution in [1.82, 2.24) is 5.32 Å². The first-order chi connectivity index (χ1) is 21.4. The molecule has 4 saturated carbocycles. The van der Waals surface area contributed by atoms with Crippen molar-refractivity contribution in [3.05, 3.63) is 29.1 Å². The van der Waals surface area contributed by atoms with Gasteiger partial charge in [-0.2, -0.15) is 4.89 Å². The lowest BCUT2D eigenvalue weighted by molar-refractivity contribution is -0.644. The fourth-order valence-corrected chi connectivity index (χ4v) is 10.2. The van der Waals surface area contributed by atoms with Crippen LogP contribution in [0.5, 0.6) is 5.75 Å². The lowest BCUT2D eigenvalue weighted by Crippen LogP contribution is -2.76. The summed E-state index contributed by atoms with van der Waals surface area (Å²) in [5.41, 5.74) is -0.561. The molecule has 6 N–H and O–H groups in total. The predicted octanol–water partition coefficient (Wildman–Crippen LogP) is 1.39. The van der Waals surface area contributed by atoms with E-state index < -0.39 is 72.5 Å². The van der Waals surface area contributed by atoms with Crippen molar-refractivity contribution in [1.29, 1.82) is 0 Å². The summed E-state index contributed by atoms with van der Waals surface area (Å²) in [5.74, 6) is -3.49. The molecule has 1 aromatic carbocycles. The Kier molecular flexibility index (Phi) is 7.70. The molecule has 1 spiro atoms. The molecule has 0 radical (unpaired) electrons. The van der Waals surface area contributed by atoms with E-state index in [0.29, 0.717) is 11.8 Å². The zero-order chi connectivity index (χ0) is 31.9. The van der Waals surface area contributed by atoms with Gasteiger partial charge in [-0.15, -0.1) is 11.3 Å². The second kappa shape index (κ2) is 11.1. The zero-order valence-electron chi connectivity index (χ0n) is 25.0. The topological polar surface area (TPSA) is 193 Å². The molecule has 4 aliphatic carbocycles. The quantitative estimate of drug-likeness (QED) is 0.214. The van der Waals surface area contributed by atoms with Gasteiger partial charge in [0.1, 0.15) is 24.1 Å². The second-order valence-corrected chi connectivity index (χ2v) is 14.5. The number of carbonyl (C=O) groups excluding carboxylic acids is 1. The first-order valence-electron chi connectivity index (χ1n) is 15.4. The number of carboxylic acids is 1. The normalized spacial score (nSPS) is 41.5. The molecule has 2 aromatic rings. The van der Waals surface area contributed by atoms with Gasteiger partial charge >= 0.3 is 11.8 Å². The Hall–Kier alpha value is -2.40. The van der Waals surface area contributed by atoms with Gasteiger partial charge in [-0.25, -0.2) is 9.68 Å². The number of fused-ring (bicyclic) bond motifs is 1. The first-order valence-corrected chi connectivity index (χ1v) is 16.3. The van der Waals surface area contributed by atoms with Crippen molar-refractivity contribution in [2.24, 2.45) is 23.7 Å². The summed E-state index contributed by atoms with van der Waals surface area (Å²) in [6.45, 7) is 0.307. The molecule has 14 heteroatoms. The molecule has 45 heavy (non-hydrogen) atoms. The van der Waals surface area contributed by atoms with E-state index in [9.17, 15) is 35.1 Å². The molecule has 8 rings (SSSR count). The first kappa shape index (κ1) is 31.2. The molecule has 7 atom stereocenters. The highest BCUT2D eigenvalue weighted by atomic mass is 32.1. The average molecular weight is 650 g/mol. The van der Waals surface area contributed by atoms with Crippen LogP contribution >= 0.6 is 11.3 Å². The van der Waals surface area contributed by atoms with Crippen LogP contribution < -0.4 is 10.1 Å². The highest BCUT2D eigenvalue weighted by Gasteiger charge is 2.77. The van der Waals surface area contributed by atoms with E-state index in [-0.39, 0.29) is 5.75 Å². The molecule has 7 unspecified atom stereocenters. The predicted molar refractivity (Wildman–Crippen MR) is 156 cm³/mol. The number of aliphatic hydroxyl groups excluding tert-OH is 4. The highest BCUT2D eigenvalue weighted by Crippen LogP contribution is 2.70. The van der Waals surface area contributed by atoms with Gasteiger partial charge in [-0.05, 0) is 85.4 Å². The van der Waals surface area contributed by atoms with Gasteiger partial charge in [0.2, 0.25) is 5.91 Å². The van der Waals surface area contributed by atoms with Gasteiger partial charge in [-0.3, -0.25) is 4.79 Å². The number of thiophene rings is 1. The number of aliphatic carboxylic acids is 1. The summed E-state index contributed by atoms with van der Waals surface area (Å²) in [4.78, 5) is 37.3. The molecule has 6 aliphatic rings. The van der Waals surface area contributed by atoms with Crippen LogP contribution in [0.1, 0.15) is 50.3 Å². The van der Waals surface area contributed by atoms with Gasteiger partial charge < -0.3 is 45.1 Å². The van der Waals surface area contributed by atoms with E-state index in [0.717, 1.165) is 52.5 Å². The molecule has 2 aliphatic heterocycles. The van der Waals surface area contributed by atoms with Gasteiger partial charge in [0, 0.05) is 18.7 Å². The summed E-state index contributed by atoms with van der Waals surface area (Å²) < 4.78 is 18.8. The van der Waals surface area contributed by atoms with Crippen LogP contribution in [-0.2, 0) is 34.6 Å². The molecule has 2 saturated heterocycles. The number of carbonyl (C=O) groups is 2. The lowest BCUT2D eigenvalue weighted by Gasteiger charge is -2.68. The number of methoxy groups -OCH3 is 1. The van der Waals surface area contributed by atoms with E-state index in [4.69, 9.17) is 24.0 Å². The maximum atomic E-state index is 12.7. The van der Waals surface area contributed by atoms with Gasteiger partial charge in [0.05, 0.1) is 30.1 Å². The van der Waals surface area contributed by atoms with Crippen LogP contribution in [0, 0.1) is 23.7 Å². The number of amides is 1. The minimum atomic E-state index is -2.50. The Balaban J connectivity index is 1.19. The van der Waals surface area contributed by atoms with Crippen molar-refractivity contribution in [3.8, 4) is 5.75 Å². The summed E-state index contributed by atoms with van der Waals surface area (Å²) in [7, 11) is 1.64. The molecule has 1 amide bonds. The Morgan fingerprint density at radius 3 is 2.33 bits per heavy atom. The Morgan fingerprint density at radius 1 is 1.09 bits per heavy atom. The molecule has 6 fully saturated rings. The van der Waals surface area contributed by atoms with Crippen molar-refractivity contribution in [2.45, 2.75) is 93.1 Å². The second-order valence-electron chi connectivity index (χ2n) is 13.4. The van der Waals surface area contributed by atoms with E-state index in [1.54, 1.807) is 25.3 Å². The van der Waals surface area contributed by atoms with Crippen molar-refractivity contribution in [2.75, 3.05) is 13.7 Å². The average Bonchev–Trinajstić information content (AvgIpc) is 3.40. The lowest BCUT2D eigenvalue weighted by atomic mass is 9.47. The number of hydrogen-bond donors (Lipinski definition) is 6. The third-order valence-corrected chi connectivity index (χ3v) is 11.9. The van der Waals surface area contributed by atoms with Crippen LogP contribution in [0.4, 0.5) is 0 Å². The largest absolute Gasteiger partial charge is 0.476 e. The Labute approximate surface area is 262 Å². The molecule has 1 aromatic heterocycles. The summed E-state index contributed by atoms with van der Waals surface area (Å²) in [6.07, 6.45) is -1.71. The van der Waals surface area contributed by atoms with Crippen LogP contribution in [-0.4, -0.2) is 93.0 Å². The maximum absolute atomic E-state index is 12.7. The number of benzene rings is 1. The van der Waals surface area contributed by atoms with Crippen LogP contribution in [0.25, 0.3) is 10.1 Å². The standard InChI is InChI=1S/C31H39NO12S/c1-14(34)32-25-21(35)12-29(28(38)39,42-27(25)26(37)22(36)13-33)41-20-3-4-23-17(10-20)11-24(45-23)31(40-2)30(43-44-31)18-6-15-5-16(8-18)9-19(30)7-15/h3-4,10-11,15-16,18-19,21-22,25-27,33,35-37H,5-9,12-13H2,1-2H3,(H,32,34)(H,38,39). The van der Waals surface area contributed by atoms with Crippen molar-refractivity contribution < 1.29 is 59.1 Å². The maximum Gasteiger partial charge on any atom is 0.377 e. The number of hydrogen-bond acceptors (Lipinski definition) is 12. The number of carboxylic acid groups (broad SMARTS) is 1. The van der Waals surface area contributed by atoms with Crippen LogP contribution in [0.2, 0.25) is 0 Å². The Bertz CT molecular complexity index is 1450. The molecule has 4 bridgehead atoms. The zero-order valence-corrected chi connectivity index (χ0v) is 25.8. The fraction of sp³-hybridized carbons (Fsp3) is 0.677. The number of aliphatic hydroxyl groups is 4. The molecule has 3 heterocycles. The summed E-state index contributed by atoms with van der Waals surface area (Å²) in [6, 6.07) is 5.65. The SMILES string of the molecule is COC1(c2cc3cc(OC4(C(=O)O)CC(O)C(NC(C)=O)C(C(O)C(O)CO)O4)ccc3s2)OOC12C1CC3CC(C1)CC2C3. The monoisotopic (exact) mass is 649 g/mol. The van der Waals surface area contributed by atoms with E-state index in [2.05, 4.69) is 5.32 Å². The third kappa shape index (κ3) is 4.64. The number of ether oxygens (including phenoxy) is 3. The summed E-state index contributed by atoms with van der Waals surface area (Å²) >= 11 is 1.50. The van der Waals surface area contributed by atoms with Crippen LogP contribution in [0.3, 0.4) is 0 Å². The number of nitrogens with one attached hydrogen (secondary N) is 1. The summed E-state index contributed by atoms with van der Waals surface area (Å²) in [5, 5.41) is 54.6. The van der Waals surface area contributed by atoms with Crippen LogP contribution in [0.15, 0.2) is 24.3 Å². The molecule has 13 nitrogen and oxygen atoms in total. The molecular weight excluding hydrogens is 610 g/mol. The van der Waals surface area contributed by atoms with Gasteiger partial charge in [-0.1, -0.05) is 0 Å². The number of rotatable bonds is 9. The smallest absolute Gasteiger partial charge is 0.377 e. The molecular formula is C31H39NO12S. The minimum absolute atomic E-state index is 0.108. The van der Waals surface area contributed by atoms with Gasteiger partial charge in [0.15, 0.2) is 5.60 Å². The van der Waals surface area contributed by atoms with E-state index in [1.807, 2.05) is 6.07 Å². The van der Waals surface area contributed by atoms with Gasteiger partial charge in [0.25, 0.3) is 5.79 Å². The molecule has 246 valence electrons. The fourth-order valence-electron chi connectivity index (χ4n) is 8.97. The Morgan fingerprint density at radius 2 is 1.78 bits per heavy atom. The van der Waals surface area contributed by atoms with E-state index in [1.165, 1.54) is 24.7 Å². The highest BCUT2D eigenvalue weighted by molar-refractivity contribution is 7.19. The minimum Gasteiger partial charge on any atom is -0.476 e. The van der Waals surface area contributed by atoms with Crippen molar-refractivity contribution in [3.63, 3.8) is 0 Å². The van der Waals surface area contributed by atoms with Crippen molar-refractivity contribution >= 4 is 33.3 Å². The third-order valence-electron chi connectivity index (χ3n) is 10.7. The van der Waals surface area contributed by atoms with E-state index >= 15 is 0 Å².